The molecule has 6 heteroatoms. The van der Waals surface area contributed by atoms with E-state index < -0.39 is 17.8 Å². The van der Waals surface area contributed by atoms with Gasteiger partial charge >= 0.3 is 5.97 Å². The van der Waals surface area contributed by atoms with Crippen LogP contribution in [0, 0.1) is 18.8 Å². The van der Waals surface area contributed by atoms with Gasteiger partial charge in [-0.3, -0.25) is 9.59 Å². The fraction of sp³-hybridized carbons (Fsp3) is 0.364. The molecule has 1 fully saturated rings. The van der Waals surface area contributed by atoms with Crippen molar-refractivity contribution in [3.05, 3.63) is 23.0 Å². The summed E-state index contributed by atoms with van der Waals surface area (Å²) in [6, 6.07) is 1.70. The Balaban J connectivity index is 2.04. The highest BCUT2D eigenvalue weighted by Gasteiger charge is 2.48. The zero-order valence-electron chi connectivity index (χ0n) is 9.11. The number of carboxylic acid groups (broad SMARTS) is 1. The number of amides is 1. The molecule has 17 heavy (non-hydrogen) atoms. The molecule has 1 saturated carbocycles. The van der Waals surface area contributed by atoms with Gasteiger partial charge in [0.25, 0.3) is 0 Å². The van der Waals surface area contributed by atoms with E-state index in [2.05, 4.69) is 10.3 Å². The van der Waals surface area contributed by atoms with Crippen molar-refractivity contribution in [2.45, 2.75) is 13.3 Å². The lowest BCUT2D eigenvalue weighted by Gasteiger charge is -2.06. The molecule has 1 aliphatic rings. The highest BCUT2D eigenvalue weighted by molar-refractivity contribution is 6.32. The highest BCUT2D eigenvalue weighted by atomic mass is 35.5. The van der Waals surface area contributed by atoms with E-state index in [1.54, 1.807) is 12.3 Å². The van der Waals surface area contributed by atoms with Crippen molar-refractivity contribution in [2.75, 3.05) is 5.32 Å². The molecule has 0 radical (unpaired) electrons. The zero-order valence-corrected chi connectivity index (χ0v) is 9.86. The van der Waals surface area contributed by atoms with Gasteiger partial charge in [-0.15, -0.1) is 0 Å². The lowest BCUT2D eigenvalue weighted by atomic mass is 10.2. The summed E-state index contributed by atoms with van der Waals surface area (Å²) >= 11 is 5.82. The van der Waals surface area contributed by atoms with Crippen molar-refractivity contribution in [1.29, 1.82) is 0 Å². The van der Waals surface area contributed by atoms with E-state index in [0.29, 0.717) is 12.1 Å². The van der Waals surface area contributed by atoms with Crippen molar-refractivity contribution in [1.82, 2.24) is 4.98 Å². The largest absolute Gasteiger partial charge is 0.481 e. The van der Waals surface area contributed by atoms with Crippen LogP contribution >= 0.6 is 11.6 Å². The van der Waals surface area contributed by atoms with Gasteiger partial charge in [0.1, 0.15) is 0 Å². The molecule has 5 nitrogen and oxygen atoms in total. The van der Waals surface area contributed by atoms with Gasteiger partial charge < -0.3 is 10.4 Å². The number of carbonyl (C=O) groups is 2. The molecule has 0 aromatic carbocycles. The lowest BCUT2D eigenvalue weighted by Crippen LogP contribution is -2.17. The summed E-state index contributed by atoms with van der Waals surface area (Å²) in [6.07, 6.45) is 1.98. The molecular weight excluding hydrogens is 244 g/mol. The van der Waals surface area contributed by atoms with Crippen molar-refractivity contribution in [2.24, 2.45) is 11.8 Å². The third-order valence-corrected chi connectivity index (χ3v) is 2.98. The maximum Gasteiger partial charge on any atom is 0.307 e. The number of carbonyl (C=O) groups excluding carboxylic acids is 1. The maximum absolute atomic E-state index is 11.7. The number of rotatable bonds is 3. The van der Waals surface area contributed by atoms with Crippen molar-refractivity contribution < 1.29 is 14.7 Å². The molecule has 1 heterocycles. The van der Waals surface area contributed by atoms with Gasteiger partial charge in [-0.05, 0) is 25.0 Å². The van der Waals surface area contributed by atoms with Crippen LogP contribution < -0.4 is 5.32 Å². The Bertz CT molecular complexity index is 490. The topological polar surface area (TPSA) is 79.3 Å². The van der Waals surface area contributed by atoms with Crippen LogP contribution in [0.15, 0.2) is 12.3 Å². The van der Waals surface area contributed by atoms with Gasteiger partial charge in [0, 0.05) is 6.20 Å². The number of aromatic nitrogens is 1. The third kappa shape index (κ3) is 2.55. The first-order valence-corrected chi connectivity index (χ1v) is 5.52. The van der Waals surface area contributed by atoms with E-state index in [-0.39, 0.29) is 11.1 Å². The van der Waals surface area contributed by atoms with Gasteiger partial charge in [0.15, 0.2) is 5.15 Å². The summed E-state index contributed by atoms with van der Waals surface area (Å²) in [5.74, 6) is -2.26. The van der Waals surface area contributed by atoms with E-state index in [9.17, 15) is 9.59 Å². The Labute approximate surface area is 103 Å². The Morgan fingerprint density at radius 1 is 1.53 bits per heavy atom. The normalized spacial score (nSPS) is 22.0. The van der Waals surface area contributed by atoms with Crippen molar-refractivity contribution in [3.8, 4) is 0 Å². The quantitative estimate of drug-likeness (QED) is 0.805. The number of aryl methyl sites for hydroxylation is 1. The predicted octanol–water partition coefficient (Wildman–Crippen LogP) is 1.70. The average Bonchev–Trinajstić information content (AvgIpc) is 3.03. The van der Waals surface area contributed by atoms with Crippen molar-refractivity contribution in [3.63, 3.8) is 0 Å². The highest BCUT2D eigenvalue weighted by Crippen LogP contribution is 2.39. The second-order valence-corrected chi connectivity index (χ2v) is 4.49. The fourth-order valence-corrected chi connectivity index (χ4v) is 1.77. The smallest absolute Gasteiger partial charge is 0.307 e. The minimum Gasteiger partial charge on any atom is -0.481 e. The van der Waals surface area contributed by atoms with Crippen LogP contribution in [0.4, 0.5) is 5.69 Å². The molecule has 0 aliphatic heterocycles. The number of nitrogens with one attached hydrogen (secondary N) is 1. The number of pyridine rings is 1. The molecule has 2 rings (SSSR count). The molecule has 1 aliphatic carbocycles. The molecule has 1 amide bonds. The third-order valence-electron chi connectivity index (χ3n) is 2.68. The first kappa shape index (κ1) is 11.9. The fourth-order valence-electron chi connectivity index (χ4n) is 1.62. The standard InChI is InChI=1S/C11H11ClN2O3/c1-5-2-8(9(12)13-4-5)14-10(15)6-3-7(6)11(16)17/h2,4,6-7H,3H2,1H3,(H,14,15)(H,16,17). The second-order valence-electron chi connectivity index (χ2n) is 4.13. The summed E-state index contributed by atoms with van der Waals surface area (Å²) in [7, 11) is 0. The number of hydrogen-bond donors (Lipinski definition) is 2. The number of halogens is 1. The number of carboxylic acids is 1. The Morgan fingerprint density at radius 2 is 2.24 bits per heavy atom. The molecule has 1 aromatic heterocycles. The number of aliphatic carboxylic acids is 1. The van der Waals surface area contributed by atoms with Gasteiger partial charge in [-0.25, -0.2) is 4.98 Å². The van der Waals surface area contributed by atoms with Crippen molar-refractivity contribution >= 4 is 29.2 Å². The summed E-state index contributed by atoms with van der Waals surface area (Å²) < 4.78 is 0. The van der Waals surface area contributed by atoms with Crippen LogP contribution in [0.2, 0.25) is 5.15 Å². The van der Waals surface area contributed by atoms with Crippen LogP contribution in [-0.4, -0.2) is 22.0 Å². The second kappa shape index (κ2) is 4.33. The van der Waals surface area contributed by atoms with E-state index in [0.717, 1.165) is 5.56 Å². The van der Waals surface area contributed by atoms with Gasteiger partial charge in [0.05, 0.1) is 17.5 Å². The first-order chi connectivity index (χ1) is 7.99. The van der Waals surface area contributed by atoms with Crippen LogP contribution in [0.3, 0.4) is 0 Å². The van der Waals surface area contributed by atoms with E-state index in [4.69, 9.17) is 16.7 Å². The molecule has 0 saturated heterocycles. The van der Waals surface area contributed by atoms with Crippen LogP contribution in [-0.2, 0) is 9.59 Å². The van der Waals surface area contributed by atoms with Crippen LogP contribution in [0.1, 0.15) is 12.0 Å². The lowest BCUT2D eigenvalue weighted by molar-refractivity contribution is -0.139. The first-order valence-electron chi connectivity index (χ1n) is 5.15. The molecule has 0 spiro atoms. The van der Waals surface area contributed by atoms with E-state index in [1.165, 1.54) is 0 Å². The zero-order chi connectivity index (χ0) is 12.6. The molecule has 2 atom stereocenters. The number of anilines is 1. The Kier molecular flexibility index (Phi) is 3.02. The Hall–Kier alpha value is -1.62. The Morgan fingerprint density at radius 3 is 2.82 bits per heavy atom. The molecule has 2 unspecified atom stereocenters. The minimum absolute atomic E-state index is 0.205. The number of nitrogens with zero attached hydrogens (tertiary/aromatic N) is 1. The monoisotopic (exact) mass is 254 g/mol. The summed E-state index contributed by atoms with van der Waals surface area (Å²) in [4.78, 5) is 26.2. The van der Waals surface area contributed by atoms with E-state index >= 15 is 0 Å². The van der Waals surface area contributed by atoms with Crippen LogP contribution in [0.5, 0.6) is 0 Å². The predicted molar refractivity (Wildman–Crippen MR) is 61.8 cm³/mol. The maximum atomic E-state index is 11.7. The summed E-state index contributed by atoms with van der Waals surface area (Å²) in [5, 5.41) is 11.5. The van der Waals surface area contributed by atoms with Gasteiger partial charge in [-0.1, -0.05) is 11.6 Å². The van der Waals surface area contributed by atoms with Gasteiger partial charge in [-0.2, -0.15) is 0 Å². The average molecular weight is 255 g/mol. The molecule has 2 N–H and O–H groups in total. The summed E-state index contributed by atoms with van der Waals surface area (Å²) in [6.45, 7) is 1.83. The molecular formula is C11H11ClN2O3. The SMILES string of the molecule is Cc1cnc(Cl)c(NC(=O)C2CC2C(=O)O)c1. The molecule has 90 valence electrons. The van der Waals surface area contributed by atoms with E-state index in [1.807, 2.05) is 6.92 Å². The minimum atomic E-state index is -0.932. The van der Waals surface area contributed by atoms with Crippen LogP contribution in [0.25, 0.3) is 0 Å². The molecule has 0 bridgehead atoms. The van der Waals surface area contributed by atoms with Gasteiger partial charge in [0.2, 0.25) is 5.91 Å². The number of hydrogen-bond acceptors (Lipinski definition) is 3. The molecule has 1 aromatic rings. The summed E-state index contributed by atoms with van der Waals surface area (Å²) in [5.41, 5.74) is 1.29.